The summed E-state index contributed by atoms with van der Waals surface area (Å²) in [6.07, 6.45) is -4.36. The number of Topliss-reactive ketones (excluding diaryl/α,β-unsaturated/α-hetero) is 1. The van der Waals surface area contributed by atoms with Gasteiger partial charge in [0.2, 0.25) is 0 Å². The number of halogens is 3. The SMILES string of the molecule is CC(=O)c1ccc(C(=O)Nc2ccccc2NCC(F)(F)F)cc1. The van der Waals surface area contributed by atoms with Crippen molar-refractivity contribution in [3.63, 3.8) is 0 Å². The lowest BCUT2D eigenvalue weighted by Crippen LogP contribution is -2.22. The van der Waals surface area contributed by atoms with Gasteiger partial charge in [-0.05, 0) is 31.2 Å². The van der Waals surface area contributed by atoms with Gasteiger partial charge >= 0.3 is 6.18 Å². The van der Waals surface area contributed by atoms with Gasteiger partial charge in [-0.15, -0.1) is 0 Å². The van der Waals surface area contributed by atoms with Crippen LogP contribution in [0.1, 0.15) is 27.6 Å². The van der Waals surface area contributed by atoms with E-state index in [0.717, 1.165) is 0 Å². The van der Waals surface area contributed by atoms with Gasteiger partial charge in [0, 0.05) is 11.1 Å². The van der Waals surface area contributed by atoms with Crippen LogP contribution in [0.3, 0.4) is 0 Å². The van der Waals surface area contributed by atoms with Crippen molar-refractivity contribution in [2.45, 2.75) is 13.1 Å². The van der Waals surface area contributed by atoms with Crippen LogP contribution in [0.25, 0.3) is 0 Å². The maximum atomic E-state index is 12.3. The van der Waals surface area contributed by atoms with Crippen LogP contribution in [-0.4, -0.2) is 24.4 Å². The number of benzene rings is 2. The van der Waals surface area contributed by atoms with E-state index in [2.05, 4.69) is 10.6 Å². The number of ketones is 1. The first-order valence-electron chi connectivity index (χ1n) is 7.08. The number of hydrogen-bond donors (Lipinski definition) is 2. The molecule has 0 aliphatic rings. The Kier molecular flexibility index (Phi) is 5.23. The number of rotatable bonds is 5. The van der Waals surface area contributed by atoms with E-state index in [1.807, 2.05) is 0 Å². The van der Waals surface area contributed by atoms with E-state index in [9.17, 15) is 22.8 Å². The number of para-hydroxylation sites is 2. The molecule has 0 bridgehead atoms. The summed E-state index contributed by atoms with van der Waals surface area (Å²) in [6, 6.07) is 12.1. The van der Waals surface area contributed by atoms with Gasteiger partial charge in [-0.2, -0.15) is 13.2 Å². The molecule has 0 aliphatic carbocycles. The van der Waals surface area contributed by atoms with E-state index < -0.39 is 18.6 Å². The first-order valence-corrected chi connectivity index (χ1v) is 7.08. The number of carbonyl (C=O) groups excluding carboxylic acids is 2. The molecule has 4 nitrogen and oxygen atoms in total. The quantitative estimate of drug-likeness (QED) is 0.808. The Labute approximate surface area is 136 Å². The fourth-order valence-corrected chi connectivity index (χ4v) is 1.99. The summed E-state index contributed by atoms with van der Waals surface area (Å²) in [5.74, 6) is -0.602. The molecule has 0 spiro atoms. The van der Waals surface area contributed by atoms with Gasteiger partial charge in [-0.3, -0.25) is 9.59 Å². The van der Waals surface area contributed by atoms with Crippen molar-refractivity contribution in [3.05, 3.63) is 59.7 Å². The third-order valence-corrected chi connectivity index (χ3v) is 3.21. The standard InChI is InChI=1S/C17H15F3N2O2/c1-11(23)12-6-8-13(9-7-12)16(24)22-15-5-3-2-4-14(15)21-10-17(18,19)20/h2-9,21H,10H2,1H3,(H,22,24). The van der Waals surface area contributed by atoms with Crippen LogP contribution in [0, 0.1) is 0 Å². The molecule has 0 aromatic heterocycles. The van der Waals surface area contributed by atoms with Crippen molar-refractivity contribution in [3.8, 4) is 0 Å². The van der Waals surface area contributed by atoms with E-state index in [1.165, 1.54) is 43.3 Å². The zero-order valence-electron chi connectivity index (χ0n) is 12.8. The lowest BCUT2D eigenvalue weighted by molar-refractivity contribution is -0.115. The number of hydrogen-bond acceptors (Lipinski definition) is 3. The lowest BCUT2D eigenvalue weighted by atomic mass is 10.1. The zero-order valence-corrected chi connectivity index (χ0v) is 12.8. The minimum Gasteiger partial charge on any atom is -0.375 e. The van der Waals surface area contributed by atoms with Gasteiger partial charge in [-0.1, -0.05) is 24.3 Å². The first-order chi connectivity index (χ1) is 11.3. The number of nitrogens with one attached hydrogen (secondary N) is 2. The molecule has 2 N–H and O–H groups in total. The predicted molar refractivity (Wildman–Crippen MR) is 85.4 cm³/mol. The van der Waals surface area contributed by atoms with Crippen molar-refractivity contribution < 1.29 is 22.8 Å². The summed E-state index contributed by atoms with van der Waals surface area (Å²) < 4.78 is 37.0. The van der Waals surface area contributed by atoms with Crippen LogP contribution in [-0.2, 0) is 0 Å². The molecule has 2 aromatic rings. The molecule has 0 heterocycles. The molecule has 0 saturated heterocycles. The number of anilines is 2. The van der Waals surface area contributed by atoms with E-state index >= 15 is 0 Å². The fraction of sp³-hybridized carbons (Fsp3) is 0.176. The predicted octanol–water partition coefficient (Wildman–Crippen LogP) is 4.12. The summed E-state index contributed by atoms with van der Waals surface area (Å²) in [5, 5.41) is 4.81. The average Bonchev–Trinajstić information content (AvgIpc) is 2.53. The highest BCUT2D eigenvalue weighted by molar-refractivity contribution is 6.06. The molecule has 0 saturated carbocycles. The van der Waals surface area contributed by atoms with Gasteiger partial charge in [0.05, 0.1) is 11.4 Å². The van der Waals surface area contributed by atoms with Crippen LogP contribution in [0.15, 0.2) is 48.5 Å². The normalized spacial score (nSPS) is 11.0. The highest BCUT2D eigenvalue weighted by Crippen LogP contribution is 2.24. The highest BCUT2D eigenvalue weighted by atomic mass is 19.4. The maximum absolute atomic E-state index is 12.3. The first kappa shape index (κ1) is 17.5. The Bertz CT molecular complexity index is 740. The molecule has 0 unspecified atom stereocenters. The number of alkyl halides is 3. The molecule has 0 radical (unpaired) electrons. The van der Waals surface area contributed by atoms with Crippen molar-refractivity contribution in [2.75, 3.05) is 17.2 Å². The lowest BCUT2D eigenvalue weighted by Gasteiger charge is -2.14. The summed E-state index contributed by atoms with van der Waals surface area (Å²) >= 11 is 0. The van der Waals surface area contributed by atoms with E-state index in [-0.39, 0.29) is 17.2 Å². The third kappa shape index (κ3) is 4.84. The van der Waals surface area contributed by atoms with Gasteiger partial charge < -0.3 is 10.6 Å². The largest absolute Gasteiger partial charge is 0.405 e. The van der Waals surface area contributed by atoms with E-state index in [4.69, 9.17) is 0 Å². The van der Waals surface area contributed by atoms with Crippen LogP contribution < -0.4 is 10.6 Å². The molecule has 24 heavy (non-hydrogen) atoms. The Morgan fingerprint density at radius 1 is 0.917 bits per heavy atom. The van der Waals surface area contributed by atoms with Crippen molar-refractivity contribution in [2.24, 2.45) is 0 Å². The highest BCUT2D eigenvalue weighted by Gasteiger charge is 2.27. The molecule has 0 atom stereocenters. The van der Waals surface area contributed by atoms with Gasteiger partial charge in [0.25, 0.3) is 5.91 Å². The van der Waals surface area contributed by atoms with Crippen LogP contribution in [0.4, 0.5) is 24.5 Å². The van der Waals surface area contributed by atoms with Gasteiger partial charge in [0.15, 0.2) is 5.78 Å². The minimum atomic E-state index is -4.36. The Balaban J connectivity index is 2.12. The maximum Gasteiger partial charge on any atom is 0.405 e. The van der Waals surface area contributed by atoms with Crippen LogP contribution >= 0.6 is 0 Å². The smallest absolute Gasteiger partial charge is 0.375 e. The van der Waals surface area contributed by atoms with E-state index in [1.54, 1.807) is 12.1 Å². The second-order valence-electron chi connectivity index (χ2n) is 5.10. The summed E-state index contributed by atoms with van der Waals surface area (Å²) in [7, 11) is 0. The molecule has 0 fully saturated rings. The fourth-order valence-electron chi connectivity index (χ4n) is 1.99. The van der Waals surface area contributed by atoms with Crippen molar-refractivity contribution >= 4 is 23.1 Å². The second-order valence-corrected chi connectivity index (χ2v) is 5.10. The summed E-state index contributed by atoms with van der Waals surface area (Å²) in [6.45, 7) is 0.213. The Morgan fingerprint density at radius 3 is 2.00 bits per heavy atom. The van der Waals surface area contributed by atoms with Crippen LogP contribution in [0.5, 0.6) is 0 Å². The molecular formula is C17H15F3N2O2. The monoisotopic (exact) mass is 336 g/mol. The molecule has 0 aliphatic heterocycles. The topological polar surface area (TPSA) is 58.2 Å². The minimum absolute atomic E-state index is 0.122. The molecule has 1 amide bonds. The third-order valence-electron chi connectivity index (χ3n) is 3.21. The van der Waals surface area contributed by atoms with Crippen molar-refractivity contribution in [1.29, 1.82) is 0 Å². The molecule has 2 aromatic carbocycles. The molecule has 7 heteroatoms. The van der Waals surface area contributed by atoms with Gasteiger partial charge in [-0.25, -0.2) is 0 Å². The Hall–Kier alpha value is -2.83. The van der Waals surface area contributed by atoms with Crippen LogP contribution in [0.2, 0.25) is 0 Å². The average molecular weight is 336 g/mol. The van der Waals surface area contributed by atoms with E-state index in [0.29, 0.717) is 11.1 Å². The molecular weight excluding hydrogens is 321 g/mol. The van der Waals surface area contributed by atoms with Crippen molar-refractivity contribution in [1.82, 2.24) is 0 Å². The molecule has 126 valence electrons. The Morgan fingerprint density at radius 2 is 1.46 bits per heavy atom. The number of carbonyl (C=O) groups is 2. The molecule has 2 rings (SSSR count). The van der Waals surface area contributed by atoms with Gasteiger partial charge in [0.1, 0.15) is 6.54 Å². The zero-order chi connectivity index (χ0) is 17.7. The second kappa shape index (κ2) is 7.16. The summed E-state index contributed by atoms with van der Waals surface area (Å²) in [4.78, 5) is 23.4. The number of amides is 1. The summed E-state index contributed by atoms with van der Waals surface area (Å²) in [5.41, 5.74) is 1.18.